The van der Waals surface area contributed by atoms with Crippen LogP contribution < -0.4 is 14.4 Å². The maximum atomic E-state index is 13.7. The zero-order valence-corrected chi connectivity index (χ0v) is 18.5. The molecule has 32 heavy (non-hydrogen) atoms. The second kappa shape index (κ2) is 7.90. The minimum atomic E-state index is -0.730. The van der Waals surface area contributed by atoms with Crippen molar-refractivity contribution in [2.75, 3.05) is 25.7 Å². The summed E-state index contributed by atoms with van der Waals surface area (Å²) in [7, 11) is 3.01. The maximum absolute atomic E-state index is 13.7. The van der Waals surface area contributed by atoms with Gasteiger partial charge in [-0.15, -0.1) is 0 Å². The third-order valence-electron chi connectivity index (χ3n) is 6.88. The average molecular weight is 455 g/mol. The number of ether oxygens (including phenoxy) is 2. The Morgan fingerprint density at radius 2 is 1.72 bits per heavy atom. The first-order chi connectivity index (χ1) is 15.5. The number of amides is 2. The summed E-state index contributed by atoms with van der Waals surface area (Å²) in [6, 6.07) is 10.9. The van der Waals surface area contributed by atoms with Crippen LogP contribution in [-0.2, 0) is 9.59 Å². The summed E-state index contributed by atoms with van der Waals surface area (Å²) in [6.45, 7) is 0.699. The lowest BCUT2D eigenvalue weighted by molar-refractivity contribution is -0.123. The molecule has 0 bridgehead atoms. The lowest BCUT2D eigenvalue weighted by atomic mass is 9.85. The molecule has 0 aromatic heterocycles. The molecule has 5 rings (SSSR count). The first kappa shape index (κ1) is 21.0. The fourth-order valence-electron chi connectivity index (χ4n) is 5.51. The number of carbonyl (C=O) groups is 3. The molecule has 8 heteroatoms. The fraction of sp³-hybridized carbons (Fsp3) is 0.375. The Bertz CT molecular complexity index is 1100. The fourth-order valence-corrected chi connectivity index (χ4v) is 5.64. The molecule has 4 atom stereocenters. The number of Topliss-reactive ketones (excluding diaryl/α,β-unsaturated/α-hetero) is 1. The van der Waals surface area contributed by atoms with Crippen LogP contribution in [0.15, 0.2) is 42.5 Å². The van der Waals surface area contributed by atoms with Crippen LogP contribution >= 0.6 is 11.6 Å². The molecule has 166 valence electrons. The van der Waals surface area contributed by atoms with E-state index in [0.29, 0.717) is 34.3 Å². The lowest BCUT2D eigenvalue weighted by Gasteiger charge is -2.28. The molecule has 3 saturated heterocycles. The number of hydrogen-bond acceptors (Lipinski definition) is 6. The Hall–Kier alpha value is -2.90. The molecule has 0 aliphatic carbocycles. The van der Waals surface area contributed by atoms with E-state index in [1.165, 1.54) is 19.1 Å². The normalized spacial score (nSPS) is 26.9. The van der Waals surface area contributed by atoms with E-state index in [-0.39, 0.29) is 23.6 Å². The minimum absolute atomic E-state index is 0.126. The van der Waals surface area contributed by atoms with Crippen molar-refractivity contribution in [2.24, 2.45) is 11.8 Å². The van der Waals surface area contributed by atoms with E-state index in [2.05, 4.69) is 4.90 Å². The number of anilines is 1. The van der Waals surface area contributed by atoms with Crippen molar-refractivity contribution < 1.29 is 23.9 Å². The summed E-state index contributed by atoms with van der Waals surface area (Å²) in [4.78, 5) is 44.1. The van der Waals surface area contributed by atoms with Crippen LogP contribution in [0.4, 0.5) is 5.69 Å². The van der Waals surface area contributed by atoms with E-state index in [9.17, 15) is 14.4 Å². The zero-order valence-electron chi connectivity index (χ0n) is 17.8. The molecule has 0 spiro atoms. The van der Waals surface area contributed by atoms with Crippen LogP contribution in [0.3, 0.4) is 0 Å². The molecule has 3 aliphatic heterocycles. The van der Waals surface area contributed by atoms with E-state index in [1.807, 2.05) is 0 Å². The van der Waals surface area contributed by atoms with Gasteiger partial charge in [0, 0.05) is 22.7 Å². The second-order valence-electron chi connectivity index (χ2n) is 8.36. The highest BCUT2D eigenvalue weighted by Gasteiger charge is 2.65. The van der Waals surface area contributed by atoms with Gasteiger partial charge in [-0.3, -0.25) is 19.3 Å². The highest BCUT2D eigenvalue weighted by atomic mass is 35.5. The Morgan fingerprint density at radius 1 is 1.00 bits per heavy atom. The molecule has 3 fully saturated rings. The smallest absolute Gasteiger partial charge is 0.239 e. The Balaban J connectivity index is 1.57. The predicted molar refractivity (Wildman–Crippen MR) is 118 cm³/mol. The van der Waals surface area contributed by atoms with Crippen LogP contribution in [0.5, 0.6) is 11.5 Å². The van der Waals surface area contributed by atoms with Gasteiger partial charge in [-0.1, -0.05) is 11.6 Å². The van der Waals surface area contributed by atoms with Gasteiger partial charge >= 0.3 is 0 Å². The third-order valence-corrected chi connectivity index (χ3v) is 7.13. The number of carbonyl (C=O) groups excluding carboxylic acids is 3. The highest BCUT2D eigenvalue weighted by molar-refractivity contribution is 6.30. The number of methoxy groups -OCH3 is 2. The average Bonchev–Trinajstić information content (AvgIpc) is 3.45. The van der Waals surface area contributed by atoms with E-state index >= 15 is 0 Å². The van der Waals surface area contributed by atoms with E-state index in [0.717, 1.165) is 12.8 Å². The Labute approximate surface area is 190 Å². The van der Waals surface area contributed by atoms with E-state index in [1.54, 1.807) is 42.5 Å². The lowest BCUT2D eigenvalue weighted by Crippen LogP contribution is -2.46. The number of nitrogens with zero attached hydrogens (tertiary/aromatic N) is 2. The second-order valence-corrected chi connectivity index (χ2v) is 8.80. The molecule has 2 amide bonds. The van der Waals surface area contributed by atoms with Gasteiger partial charge < -0.3 is 9.47 Å². The van der Waals surface area contributed by atoms with E-state index < -0.39 is 17.9 Å². The van der Waals surface area contributed by atoms with Crippen molar-refractivity contribution in [3.63, 3.8) is 0 Å². The molecule has 0 saturated carbocycles. The van der Waals surface area contributed by atoms with Crippen molar-refractivity contribution in [2.45, 2.75) is 24.9 Å². The van der Waals surface area contributed by atoms with Gasteiger partial charge in [0.05, 0.1) is 37.8 Å². The number of imide groups is 1. The number of halogens is 1. The number of rotatable bonds is 5. The van der Waals surface area contributed by atoms with Gasteiger partial charge in [0.25, 0.3) is 0 Å². The van der Waals surface area contributed by atoms with Crippen molar-refractivity contribution in [1.82, 2.24) is 4.90 Å². The van der Waals surface area contributed by atoms with Crippen LogP contribution in [0, 0.1) is 11.8 Å². The molecular weight excluding hydrogens is 432 g/mol. The van der Waals surface area contributed by atoms with Crippen LogP contribution in [0.1, 0.15) is 23.2 Å². The quantitative estimate of drug-likeness (QED) is 0.510. The number of ketones is 1. The van der Waals surface area contributed by atoms with Crippen molar-refractivity contribution in [1.29, 1.82) is 0 Å². The summed E-state index contributed by atoms with van der Waals surface area (Å²) in [5.74, 6) is -1.18. The van der Waals surface area contributed by atoms with Gasteiger partial charge in [0.2, 0.25) is 11.8 Å². The SMILES string of the molecule is COc1ccc(OC)c(N2C(=O)[C@@H]3[C@@H](C2=O)[C@@H]2CCCN2[C@@H]3C(=O)c2ccc(Cl)cc2)c1. The number of hydrogen-bond donors (Lipinski definition) is 0. The molecule has 0 N–H and O–H groups in total. The summed E-state index contributed by atoms with van der Waals surface area (Å²) >= 11 is 5.99. The van der Waals surface area contributed by atoms with Crippen molar-refractivity contribution in [3.05, 3.63) is 53.1 Å². The van der Waals surface area contributed by atoms with Gasteiger partial charge in [-0.2, -0.15) is 0 Å². The van der Waals surface area contributed by atoms with Gasteiger partial charge in [-0.25, -0.2) is 4.90 Å². The maximum Gasteiger partial charge on any atom is 0.239 e. The largest absolute Gasteiger partial charge is 0.497 e. The number of fused-ring (bicyclic) bond motifs is 3. The van der Waals surface area contributed by atoms with Crippen LogP contribution in [0.25, 0.3) is 0 Å². The molecule has 2 aromatic rings. The molecule has 2 aromatic carbocycles. The van der Waals surface area contributed by atoms with Crippen molar-refractivity contribution >= 4 is 34.9 Å². The molecule has 3 heterocycles. The van der Waals surface area contributed by atoms with E-state index in [4.69, 9.17) is 21.1 Å². The first-order valence-electron chi connectivity index (χ1n) is 10.6. The molecular formula is C24H23ClN2O5. The standard InChI is InChI=1S/C24H23ClN2O5/c1-31-15-9-10-18(32-2)17(12-15)27-23(29)19-16-4-3-11-26(16)21(20(19)24(27)30)22(28)13-5-7-14(25)8-6-13/h5-10,12,16,19-21H,3-4,11H2,1-2H3/t16-,19-,20+,21-/m0/s1. The Kier molecular flexibility index (Phi) is 5.18. The van der Waals surface area contributed by atoms with Gasteiger partial charge in [0.1, 0.15) is 11.5 Å². The van der Waals surface area contributed by atoms with Crippen LogP contribution in [0.2, 0.25) is 5.02 Å². The third kappa shape index (κ3) is 3.03. The van der Waals surface area contributed by atoms with Gasteiger partial charge in [0.15, 0.2) is 5.78 Å². The summed E-state index contributed by atoms with van der Waals surface area (Å²) in [5.41, 5.74) is 0.835. The first-order valence-corrected chi connectivity index (χ1v) is 11.0. The van der Waals surface area contributed by atoms with Crippen LogP contribution in [-0.4, -0.2) is 55.3 Å². The summed E-state index contributed by atoms with van der Waals surface area (Å²) in [5, 5.41) is 0.535. The van der Waals surface area contributed by atoms with Crippen molar-refractivity contribution in [3.8, 4) is 11.5 Å². The molecule has 3 aliphatic rings. The summed E-state index contributed by atoms with van der Waals surface area (Å²) < 4.78 is 10.7. The monoisotopic (exact) mass is 454 g/mol. The highest BCUT2D eigenvalue weighted by Crippen LogP contribution is 2.50. The topological polar surface area (TPSA) is 76.2 Å². The molecule has 0 radical (unpaired) electrons. The molecule has 0 unspecified atom stereocenters. The van der Waals surface area contributed by atoms with Gasteiger partial charge in [-0.05, 0) is 55.8 Å². The Morgan fingerprint density at radius 3 is 2.41 bits per heavy atom. The molecule has 7 nitrogen and oxygen atoms in total. The minimum Gasteiger partial charge on any atom is -0.497 e. The zero-order chi connectivity index (χ0) is 22.6. The number of benzene rings is 2. The predicted octanol–water partition coefficient (Wildman–Crippen LogP) is 3.19. The summed E-state index contributed by atoms with van der Waals surface area (Å²) in [6.07, 6.45) is 1.68.